The number of nitrogens with zero attached hydrogens (tertiary/aromatic N) is 1. The second-order valence-corrected chi connectivity index (χ2v) is 3.22. The molecule has 0 fully saturated rings. The third-order valence-electron chi connectivity index (χ3n) is 1.39. The summed E-state index contributed by atoms with van der Waals surface area (Å²) >= 11 is 2.87. The van der Waals surface area contributed by atoms with E-state index in [9.17, 15) is 13.2 Å². The van der Waals surface area contributed by atoms with E-state index < -0.39 is 18.3 Å². The Bertz CT molecular complexity index is 313. The van der Waals surface area contributed by atoms with Crippen LogP contribution in [0.3, 0.4) is 0 Å². The van der Waals surface area contributed by atoms with Gasteiger partial charge in [0.05, 0.1) is 17.9 Å². The average Bonchev–Trinajstić information content (AvgIpc) is 2.03. The van der Waals surface area contributed by atoms with E-state index in [1.807, 2.05) is 0 Å². The van der Waals surface area contributed by atoms with Crippen LogP contribution < -0.4 is 0 Å². The van der Waals surface area contributed by atoms with E-state index in [0.29, 0.717) is 0 Å². The molecule has 1 N–H and O–H groups in total. The van der Waals surface area contributed by atoms with Crippen LogP contribution in [0, 0.1) is 0 Å². The van der Waals surface area contributed by atoms with Crippen LogP contribution in [0.5, 0.6) is 0 Å². The Kier molecular flexibility index (Phi) is 2.92. The molecular formula is C7H5BrF3NO. The highest BCUT2D eigenvalue weighted by Gasteiger charge is 2.34. The Morgan fingerprint density at radius 2 is 2.08 bits per heavy atom. The molecule has 1 heterocycles. The first-order chi connectivity index (χ1) is 5.95. The molecule has 0 saturated heterocycles. The number of aliphatic hydroxyl groups is 1. The smallest absolute Gasteiger partial charge is 0.390 e. The minimum Gasteiger partial charge on any atom is -0.390 e. The number of hydrogen-bond acceptors (Lipinski definition) is 2. The van der Waals surface area contributed by atoms with Crippen LogP contribution >= 0.6 is 15.9 Å². The summed E-state index contributed by atoms with van der Waals surface area (Å²) in [5, 5.41) is 8.59. The summed E-state index contributed by atoms with van der Waals surface area (Å²) in [6.07, 6.45) is -3.27. The number of halogens is 4. The summed E-state index contributed by atoms with van der Waals surface area (Å²) in [5.41, 5.74) is -1.28. The second kappa shape index (κ2) is 3.63. The van der Waals surface area contributed by atoms with Crippen LogP contribution in [0.2, 0.25) is 0 Å². The highest BCUT2D eigenvalue weighted by molar-refractivity contribution is 9.10. The van der Waals surface area contributed by atoms with Gasteiger partial charge in [0.2, 0.25) is 0 Å². The number of aliphatic hydroxyl groups excluding tert-OH is 1. The zero-order valence-electron chi connectivity index (χ0n) is 6.27. The van der Waals surface area contributed by atoms with E-state index in [4.69, 9.17) is 5.11 Å². The largest absolute Gasteiger partial charge is 0.418 e. The summed E-state index contributed by atoms with van der Waals surface area (Å²) in [4.78, 5) is 3.45. The van der Waals surface area contributed by atoms with Gasteiger partial charge in [-0.3, -0.25) is 4.98 Å². The normalized spacial score (nSPS) is 11.8. The molecule has 0 amide bonds. The molecule has 72 valence electrons. The highest BCUT2D eigenvalue weighted by Crippen LogP contribution is 2.32. The third kappa shape index (κ3) is 2.41. The maximum absolute atomic E-state index is 12.2. The molecule has 0 aliphatic heterocycles. The zero-order valence-corrected chi connectivity index (χ0v) is 7.85. The Morgan fingerprint density at radius 3 is 2.54 bits per heavy atom. The van der Waals surface area contributed by atoms with Crippen LogP contribution in [0.4, 0.5) is 13.2 Å². The first-order valence-electron chi connectivity index (χ1n) is 3.27. The Balaban J connectivity index is 3.24. The molecule has 0 aliphatic carbocycles. The summed E-state index contributed by atoms with van der Waals surface area (Å²) < 4.78 is 37.0. The van der Waals surface area contributed by atoms with Crippen LogP contribution in [0.1, 0.15) is 11.3 Å². The lowest BCUT2D eigenvalue weighted by Gasteiger charge is -2.10. The average molecular weight is 256 g/mol. The number of alkyl halides is 3. The highest BCUT2D eigenvalue weighted by atomic mass is 79.9. The van der Waals surface area contributed by atoms with Crippen LogP contribution in [-0.4, -0.2) is 10.1 Å². The summed E-state index contributed by atoms with van der Waals surface area (Å²) in [7, 11) is 0. The number of pyridine rings is 1. The van der Waals surface area contributed by atoms with Crippen molar-refractivity contribution in [2.75, 3.05) is 0 Å². The van der Waals surface area contributed by atoms with E-state index in [1.165, 1.54) is 6.20 Å². The molecular weight excluding hydrogens is 251 g/mol. The lowest BCUT2D eigenvalue weighted by molar-refractivity contribution is -0.139. The topological polar surface area (TPSA) is 33.1 Å². The zero-order chi connectivity index (χ0) is 10.1. The second-order valence-electron chi connectivity index (χ2n) is 2.30. The van der Waals surface area contributed by atoms with Crippen molar-refractivity contribution in [3.05, 3.63) is 28.0 Å². The fraction of sp³-hybridized carbons (Fsp3) is 0.286. The molecule has 0 aliphatic rings. The van der Waals surface area contributed by atoms with Crippen molar-refractivity contribution in [3.63, 3.8) is 0 Å². The molecule has 1 aromatic heterocycles. The first-order valence-corrected chi connectivity index (χ1v) is 4.07. The third-order valence-corrected chi connectivity index (χ3v) is 1.83. The Labute approximate surface area is 80.5 Å². The fourth-order valence-electron chi connectivity index (χ4n) is 0.839. The van der Waals surface area contributed by atoms with E-state index >= 15 is 0 Å². The number of hydrogen-bond donors (Lipinski definition) is 1. The molecule has 0 unspecified atom stereocenters. The van der Waals surface area contributed by atoms with Gasteiger partial charge in [0.15, 0.2) is 0 Å². The van der Waals surface area contributed by atoms with Gasteiger partial charge in [-0.1, -0.05) is 0 Å². The quantitative estimate of drug-likeness (QED) is 0.836. The molecule has 0 bridgehead atoms. The molecule has 13 heavy (non-hydrogen) atoms. The summed E-state index contributed by atoms with van der Waals surface area (Å²) in [6, 6.07) is 0.887. The minimum absolute atomic E-state index is 0.233. The van der Waals surface area contributed by atoms with Crippen molar-refractivity contribution < 1.29 is 18.3 Å². The number of aromatic nitrogens is 1. The summed E-state index contributed by atoms with van der Waals surface area (Å²) in [5.74, 6) is 0. The van der Waals surface area contributed by atoms with Gasteiger partial charge in [-0.05, 0) is 22.0 Å². The van der Waals surface area contributed by atoms with Gasteiger partial charge in [0, 0.05) is 10.7 Å². The van der Waals surface area contributed by atoms with E-state index in [0.717, 1.165) is 6.07 Å². The van der Waals surface area contributed by atoms with E-state index in [1.54, 1.807) is 0 Å². The molecule has 0 saturated carbocycles. The van der Waals surface area contributed by atoms with Crippen molar-refractivity contribution in [1.29, 1.82) is 0 Å². The van der Waals surface area contributed by atoms with E-state index in [2.05, 4.69) is 20.9 Å². The van der Waals surface area contributed by atoms with Crippen molar-refractivity contribution in [1.82, 2.24) is 4.98 Å². The van der Waals surface area contributed by atoms with Crippen LogP contribution in [0.25, 0.3) is 0 Å². The van der Waals surface area contributed by atoms with Crippen molar-refractivity contribution >= 4 is 15.9 Å². The first kappa shape index (κ1) is 10.5. The Hall–Kier alpha value is -0.620. The minimum atomic E-state index is -4.48. The van der Waals surface area contributed by atoms with Gasteiger partial charge >= 0.3 is 6.18 Å². The molecule has 0 atom stereocenters. The molecule has 0 radical (unpaired) electrons. The van der Waals surface area contributed by atoms with E-state index in [-0.39, 0.29) is 10.2 Å². The number of rotatable bonds is 1. The van der Waals surface area contributed by atoms with Crippen LogP contribution in [0.15, 0.2) is 16.7 Å². The maximum Gasteiger partial charge on any atom is 0.418 e. The van der Waals surface area contributed by atoms with Crippen LogP contribution in [-0.2, 0) is 12.8 Å². The molecule has 0 spiro atoms. The van der Waals surface area contributed by atoms with Crippen molar-refractivity contribution in [3.8, 4) is 0 Å². The van der Waals surface area contributed by atoms with Gasteiger partial charge in [-0.2, -0.15) is 13.2 Å². The molecule has 1 rings (SSSR count). The summed E-state index contributed by atoms with van der Waals surface area (Å²) in [6.45, 7) is -0.720. The van der Waals surface area contributed by atoms with Crippen molar-refractivity contribution in [2.45, 2.75) is 12.8 Å². The fourth-order valence-corrected chi connectivity index (χ4v) is 1.17. The Morgan fingerprint density at radius 1 is 1.46 bits per heavy atom. The van der Waals surface area contributed by atoms with Gasteiger partial charge in [-0.25, -0.2) is 0 Å². The predicted molar refractivity (Wildman–Crippen MR) is 42.9 cm³/mol. The molecule has 0 aromatic carbocycles. The lowest BCUT2D eigenvalue weighted by atomic mass is 10.2. The monoisotopic (exact) mass is 255 g/mol. The van der Waals surface area contributed by atoms with Gasteiger partial charge in [0.1, 0.15) is 0 Å². The van der Waals surface area contributed by atoms with Gasteiger partial charge in [-0.15, -0.1) is 0 Å². The molecule has 6 heteroatoms. The van der Waals surface area contributed by atoms with Gasteiger partial charge in [0.25, 0.3) is 0 Å². The maximum atomic E-state index is 12.2. The molecule has 2 nitrogen and oxygen atoms in total. The standard InChI is InChI=1S/C7H5BrF3NO/c8-4-1-5(7(9,10)11)6(3-13)12-2-4/h1-2,13H,3H2. The lowest BCUT2D eigenvalue weighted by Crippen LogP contribution is -2.10. The molecule has 1 aromatic rings. The predicted octanol–water partition coefficient (Wildman–Crippen LogP) is 2.36. The van der Waals surface area contributed by atoms with Gasteiger partial charge < -0.3 is 5.11 Å². The SMILES string of the molecule is OCc1ncc(Br)cc1C(F)(F)F. The van der Waals surface area contributed by atoms with Crippen molar-refractivity contribution in [2.24, 2.45) is 0 Å².